The van der Waals surface area contributed by atoms with Crippen molar-refractivity contribution < 1.29 is 0 Å². The number of imidazole rings is 1. The second kappa shape index (κ2) is 8.88. The Bertz CT molecular complexity index is 1490. The Morgan fingerprint density at radius 2 is 1.82 bits per heavy atom. The molecular formula is C23H22ClN9S. The van der Waals surface area contributed by atoms with E-state index in [-0.39, 0.29) is 5.82 Å². The third kappa shape index (κ3) is 4.37. The molecule has 11 heteroatoms. The highest BCUT2D eigenvalue weighted by Crippen LogP contribution is 2.35. The van der Waals surface area contributed by atoms with Crippen molar-refractivity contribution in [2.45, 2.75) is 23.9 Å². The lowest BCUT2D eigenvalue weighted by Gasteiger charge is -2.09. The predicted octanol–water partition coefficient (Wildman–Crippen LogP) is 4.97. The van der Waals surface area contributed by atoms with Crippen LogP contribution in [0.2, 0.25) is 5.02 Å². The first-order valence-electron chi connectivity index (χ1n) is 10.4. The molecule has 0 spiro atoms. The highest BCUT2D eigenvalue weighted by atomic mass is 35.5. The zero-order chi connectivity index (χ0) is 23.8. The summed E-state index contributed by atoms with van der Waals surface area (Å²) in [5.74, 6) is 0.650. The normalized spacial score (nSPS) is 11.2. The maximum absolute atomic E-state index is 6.61. The van der Waals surface area contributed by atoms with Gasteiger partial charge in [-0.1, -0.05) is 35.5 Å². The van der Waals surface area contributed by atoms with Crippen molar-refractivity contribution in [3.63, 3.8) is 0 Å². The summed E-state index contributed by atoms with van der Waals surface area (Å²) in [7, 11) is 1.94. The van der Waals surface area contributed by atoms with E-state index >= 15 is 0 Å². The van der Waals surface area contributed by atoms with Crippen LogP contribution in [0.3, 0.4) is 0 Å². The van der Waals surface area contributed by atoms with Crippen LogP contribution in [0.1, 0.15) is 11.1 Å². The second-order valence-electron chi connectivity index (χ2n) is 7.89. The molecule has 9 nitrogen and oxygen atoms in total. The van der Waals surface area contributed by atoms with Crippen molar-refractivity contribution in [1.82, 2.24) is 29.1 Å². The molecule has 172 valence electrons. The predicted molar refractivity (Wildman–Crippen MR) is 136 cm³/mol. The Balaban J connectivity index is 1.44. The van der Waals surface area contributed by atoms with E-state index in [0.29, 0.717) is 22.3 Å². The average Bonchev–Trinajstić information content (AvgIpc) is 3.40. The van der Waals surface area contributed by atoms with Gasteiger partial charge in [0.1, 0.15) is 0 Å². The minimum Gasteiger partial charge on any atom is -0.381 e. The number of nitrogens with one attached hydrogen (secondary N) is 2. The molecule has 2 aromatic carbocycles. The molecule has 4 N–H and O–H groups in total. The number of benzene rings is 2. The molecule has 0 bridgehead atoms. The molecule has 3 heterocycles. The quantitative estimate of drug-likeness (QED) is 0.285. The Morgan fingerprint density at radius 3 is 2.53 bits per heavy atom. The fourth-order valence-electron chi connectivity index (χ4n) is 3.61. The van der Waals surface area contributed by atoms with E-state index in [0.717, 1.165) is 32.4 Å². The summed E-state index contributed by atoms with van der Waals surface area (Å²) in [5.41, 5.74) is 17.5. The van der Waals surface area contributed by atoms with Crippen LogP contribution in [0.25, 0.3) is 16.9 Å². The minimum atomic E-state index is 0.281. The van der Waals surface area contributed by atoms with Gasteiger partial charge < -0.3 is 10.3 Å². The smallest absolute Gasteiger partial charge is 0.261 e. The number of nitrogens with zero attached hydrogens (tertiary/aromatic N) is 6. The lowest BCUT2D eigenvalue weighted by molar-refractivity contribution is 0.790. The molecule has 0 aliphatic carbocycles. The number of halogens is 1. The van der Waals surface area contributed by atoms with Gasteiger partial charge in [0.15, 0.2) is 11.0 Å². The highest BCUT2D eigenvalue weighted by molar-refractivity contribution is 7.99. The number of nitrogens with two attached hydrogens (primary N) is 1. The molecule has 0 unspecified atom stereocenters. The van der Waals surface area contributed by atoms with E-state index in [1.807, 2.05) is 62.0 Å². The number of aromatic nitrogens is 6. The first-order chi connectivity index (χ1) is 16.4. The van der Waals surface area contributed by atoms with E-state index in [1.165, 1.54) is 11.8 Å². The number of rotatable bonds is 6. The first kappa shape index (κ1) is 22.1. The summed E-state index contributed by atoms with van der Waals surface area (Å²) >= 11 is 8.11. The van der Waals surface area contributed by atoms with Crippen LogP contribution in [0.5, 0.6) is 0 Å². The Kier molecular flexibility index (Phi) is 5.76. The molecule has 5 rings (SSSR count). The molecule has 0 radical (unpaired) electrons. The van der Waals surface area contributed by atoms with Gasteiger partial charge in [-0.15, -0.1) is 5.10 Å². The Morgan fingerprint density at radius 1 is 1.03 bits per heavy atom. The Labute approximate surface area is 205 Å². The molecule has 0 aliphatic rings. The lowest BCUT2D eigenvalue weighted by atomic mass is 10.1. The monoisotopic (exact) mass is 491 g/mol. The maximum Gasteiger partial charge on any atom is 0.261 e. The highest BCUT2D eigenvalue weighted by Gasteiger charge is 2.15. The van der Waals surface area contributed by atoms with Crippen LogP contribution in [-0.4, -0.2) is 29.1 Å². The first-order valence-corrected chi connectivity index (χ1v) is 11.6. The topological polar surface area (TPSA) is 111 Å². The van der Waals surface area contributed by atoms with Crippen LogP contribution in [0.4, 0.5) is 17.5 Å². The average molecular weight is 492 g/mol. The van der Waals surface area contributed by atoms with E-state index in [1.54, 1.807) is 16.9 Å². The number of aryl methyl sites for hydroxylation is 3. The molecule has 0 amide bonds. The number of hydrogen-bond acceptors (Lipinski definition) is 8. The van der Waals surface area contributed by atoms with Gasteiger partial charge in [0.05, 0.1) is 22.6 Å². The molecule has 0 aliphatic heterocycles. The van der Waals surface area contributed by atoms with Gasteiger partial charge in [0.25, 0.3) is 5.95 Å². The van der Waals surface area contributed by atoms with E-state index in [4.69, 9.17) is 17.3 Å². The van der Waals surface area contributed by atoms with E-state index in [2.05, 4.69) is 37.0 Å². The second-order valence-corrected chi connectivity index (χ2v) is 9.31. The lowest BCUT2D eigenvalue weighted by Crippen LogP contribution is -2.10. The van der Waals surface area contributed by atoms with Crippen molar-refractivity contribution in [3.05, 3.63) is 71.1 Å². The number of hydrogen-bond donors (Lipinski definition) is 3. The third-order valence-electron chi connectivity index (χ3n) is 5.14. The third-order valence-corrected chi connectivity index (χ3v) is 6.71. The van der Waals surface area contributed by atoms with Gasteiger partial charge in [0, 0.05) is 29.9 Å². The molecule has 0 fully saturated rings. The summed E-state index contributed by atoms with van der Waals surface area (Å²) in [6, 6.07) is 12.0. The van der Waals surface area contributed by atoms with Crippen molar-refractivity contribution >= 4 is 46.5 Å². The summed E-state index contributed by atoms with van der Waals surface area (Å²) < 4.78 is 3.60. The molecule has 34 heavy (non-hydrogen) atoms. The van der Waals surface area contributed by atoms with Crippen LogP contribution in [-0.2, 0) is 7.05 Å². The SMILES string of the molecule is Cc1cc(C)cc(NNc2nc3c(N)ncc(-c4ccc(Sc5nccn5C)c(Cl)c4)n3n2)c1. The molecule has 0 atom stereocenters. The van der Waals surface area contributed by atoms with Gasteiger partial charge in [-0.2, -0.15) is 4.98 Å². The minimum absolute atomic E-state index is 0.281. The summed E-state index contributed by atoms with van der Waals surface area (Å²) in [5, 5.41) is 6.04. The van der Waals surface area contributed by atoms with Gasteiger partial charge in [-0.25, -0.2) is 14.5 Å². The van der Waals surface area contributed by atoms with Crippen LogP contribution >= 0.6 is 23.4 Å². The molecular weight excluding hydrogens is 470 g/mol. The molecule has 5 aromatic rings. The van der Waals surface area contributed by atoms with Crippen LogP contribution in [0.15, 0.2) is 65.0 Å². The standard InChI is InChI=1S/C23H22ClN9S/c1-13-8-14(2)10-16(9-13)29-30-22-28-21-20(25)27-12-18(33(21)31-22)15-4-5-19(17(24)11-15)34-23-26-6-7-32(23)3/h4-12,29H,1-3H3,(H2,25,27)(H,30,31). The summed E-state index contributed by atoms with van der Waals surface area (Å²) in [6.45, 7) is 4.09. The van der Waals surface area contributed by atoms with Crippen molar-refractivity contribution in [2.24, 2.45) is 7.05 Å². The van der Waals surface area contributed by atoms with Crippen molar-refractivity contribution in [1.29, 1.82) is 0 Å². The zero-order valence-electron chi connectivity index (χ0n) is 18.7. The summed E-state index contributed by atoms with van der Waals surface area (Å²) in [4.78, 5) is 14.1. The van der Waals surface area contributed by atoms with Gasteiger partial charge in [-0.3, -0.25) is 10.9 Å². The van der Waals surface area contributed by atoms with E-state index < -0.39 is 0 Å². The fourth-order valence-corrected chi connectivity index (χ4v) is 4.71. The van der Waals surface area contributed by atoms with Crippen molar-refractivity contribution in [3.8, 4) is 11.3 Å². The maximum atomic E-state index is 6.61. The van der Waals surface area contributed by atoms with E-state index in [9.17, 15) is 0 Å². The number of fused-ring (bicyclic) bond motifs is 1. The number of nitrogen functional groups attached to an aromatic ring is 1. The largest absolute Gasteiger partial charge is 0.381 e. The van der Waals surface area contributed by atoms with Crippen LogP contribution < -0.4 is 16.6 Å². The summed E-state index contributed by atoms with van der Waals surface area (Å²) in [6.07, 6.45) is 5.31. The van der Waals surface area contributed by atoms with Gasteiger partial charge in [-0.05, 0) is 49.2 Å². The van der Waals surface area contributed by atoms with Crippen molar-refractivity contribution in [2.75, 3.05) is 16.6 Å². The van der Waals surface area contributed by atoms with Crippen LogP contribution in [0, 0.1) is 13.8 Å². The molecule has 3 aromatic heterocycles. The fraction of sp³-hybridized carbons (Fsp3) is 0.130. The molecule has 0 saturated heterocycles. The molecule has 0 saturated carbocycles. The Hall–Kier alpha value is -3.76. The number of hydrazine groups is 1. The zero-order valence-corrected chi connectivity index (χ0v) is 20.3. The number of anilines is 3. The van der Waals surface area contributed by atoms with Gasteiger partial charge >= 0.3 is 0 Å². The van der Waals surface area contributed by atoms with Gasteiger partial charge in [0.2, 0.25) is 5.65 Å².